The van der Waals surface area contributed by atoms with Crippen molar-refractivity contribution in [2.75, 3.05) is 14.1 Å². The third-order valence-electron chi connectivity index (χ3n) is 2.05. The third-order valence-corrected chi connectivity index (χ3v) is 2.53. The zero-order chi connectivity index (χ0) is 10.6. The molecule has 3 heteroatoms. The Labute approximate surface area is 90.9 Å². The van der Waals surface area contributed by atoms with E-state index in [4.69, 9.17) is 12.2 Å². The maximum absolute atomic E-state index is 5.17. The first-order valence-corrected chi connectivity index (χ1v) is 5.05. The Morgan fingerprint density at radius 1 is 1.29 bits per heavy atom. The summed E-state index contributed by atoms with van der Waals surface area (Å²) in [4.78, 5) is 1.90. The first kappa shape index (κ1) is 11.0. The monoisotopic (exact) mass is 208 g/mol. The van der Waals surface area contributed by atoms with Gasteiger partial charge in [-0.05, 0) is 24.7 Å². The van der Waals surface area contributed by atoms with Gasteiger partial charge in [0.05, 0.1) is 6.04 Å². The molecule has 0 spiro atoms. The van der Waals surface area contributed by atoms with Gasteiger partial charge >= 0.3 is 0 Å². The van der Waals surface area contributed by atoms with Crippen molar-refractivity contribution in [3.63, 3.8) is 0 Å². The number of thiocarbonyl (C=S) groups is 1. The Balaban J connectivity index is 2.59. The van der Waals surface area contributed by atoms with Gasteiger partial charge in [-0.2, -0.15) is 0 Å². The summed E-state index contributed by atoms with van der Waals surface area (Å²) in [7, 11) is 3.88. The van der Waals surface area contributed by atoms with Crippen molar-refractivity contribution < 1.29 is 0 Å². The van der Waals surface area contributed by atoms with Crippen LogP contribution in [0.3, 0.4) is 0 Å². The van der Waals surface area contributed by atoms with Gasteiger partial charge in [0.2, 0.25) is 0 Å². The van der Waals surface area contributed by atoms with E-state index in [2.05, 4.69) is 24.4 Å². The second kappa shape index (κ2) is 4.96. The lowest BCUT2D eigenvalue weighted by Crippen LogP contribution is -2.35. The lowest BCUT2D eigenvalue weighted by atomic mass is 10.1. The number of rotatable bonds is 2. The van der Waals surface area contributed by atoms with Gasteiger partial charge in [0.1, 0.15) is 0 Å². The SMILES string of the molecule is C[C@H](NC(=S)N(C)C)c1ccccc1. The van der Waals surface area contributed by atoms with Crippen LogP contribution in [0.25, 0.3) is 0 Å². The molecule has 0 heterocycles. The van der Waals surface area contributed by atoms with Gasteiger partial charge in [0.15, 0.2) is 5.11 Å². The van der Waals surface area contributed by atoms with Crippen LogP contribution in [0, 0.1) is 0 Å². The van der Waals surface area contributed by atoms with Gasteiger partial charge in [-0.3, -0.25) is 0 Å². The Morgan fingerprint density at radius 2 is 1.86 bits per heavy atom. The number of hydrogen-bond donors (Lipinski definition) is 1. The van der Waals surface area contributed by atoms with E-state index < -0.39 is 0 Å². The summed E-state index contributed by atoms with van der Waals surface area (Å²) in [6.45, 7) is 2.10. The predicted molar refractivity (Wildman–Crippen MR) is 64.3 cm³/mol. The minimum Gasteiger partial charge on any atom is -0.356 e. The normalized spacial score (nSPS) is 11.9. The van der Waals surface area contributed by atoms with Crippen LogP contribution in [0.1, 0.15) is 18.5 Å². The molecule has 0 bridgehead atoms. The maximum atomic E-state index is 5.17. The van der Waals surface area contributed by atoms with Crippen molar-refractivity contribution in [1.29, 1.82) is 0 Å². The van der Waals surface area contributed by atoms with Crippen molar-refractivity contribution in [3.05, 3.63) is 35.9 Å². The molecular formula is C11H16N2S. The smallest absolute Gasteiger partial charge is 0.168 e. The van der Waals surface area contributed by atoms with Gasteiger partial charge in [0, 0.05) is 14.1 Å². The zero-order valence-corrected chi connectivity index (χ0v) is 9.64. The summed E-state index contributed by atoms with van der Waals surface area (Å²) in [6.07, 6.45) is 0. The van der Waals surface area contributed by atoms with Crippen molar-refractivity contribution in [1.82, 2.24) is 10.2 Å². The molecule has 1 rings (SSSR count). The van der Waals surface area contributed by atoms with E-state index in [0.717, 1.165) is 5.11 Å². The average molecular weight is 208 g/mol. The molecule has 0 aromatic heterocycles. The second-order valence-corrected chi connectivity index (χ2v) is 3.86. The molecule has 0 aliphatic rings. The highest BCUT2D eigenvalue weighted by atomic mass is 32.1. The van der Waals surface area contributed by atoms with E-state index in [9.17, 15) is 0 Å². The Morgan fingerprint density at radius 3 is 2.36 bits per heavy atom. The molecule has 0 amide bonds. The van der Waals surface area contributed by atoms with E-state index in [1.165, 1.54) is 5.56 Å². The third kappa shape index (κ3) is 3.00. The molecule has 1 aromatic rings. The molecule has 0 saturated heterocycles. The standard InChI is InChI=1S/C11H16N2S/c1-9(12-11(14)13(2)3)10-7-5-4-6-8-10/h4-9H,1-3H3,(H,12,14)/t9-/m0/s1. The van der Waals surface area contributed by atoms with E-state index >= 15 is 0 Å². The van der Waals surface area contributed by atoms with Crippen LogP contribution < -0.4 is 5.32 Å². The van der Waals surface area contributed by atoms with Gasteiger partial charge in [-0.1, -0.05) is 30.3 Å². The van der Waals surface area contributed by atoms with Crippen molar-refractivity contribution in [2.24, 2.45) is 0 Å². The number of benzene rings is 1. The van der Waals surface area contributed by atoms with Crippen molar-refractivity contribution in [2.45, 2.75) is 13.0 Å². The molecule has 14 heavy (non-hydrogen) atoms. The Hall–Kier alpha value is -1.09. The van der Waals surface area contributed by atoms with Gasteiger partial charge in [0.25, 0.3) is 0 Å². The lowest BCUT2D eigenvalue weighted by molar-refractivity contribution is 0.574. The first-order chi connectivity index (χ1) is 6.61. The highest BCUT2D eigenvalue weighted by Gasteiger charge is 2.06. The van der Waals surface area contributed by atoms with Gasteiger partial charge in [-0.15, -0.1) is 0 Å². The molecule has 0 unspecified atom stereocenters. The summed E-state index contributed by atoms with van der Waals surface area (Å²) < 4.78 is 0. The highest BCUT2D eigenvalue weighted by Crippen LogP contribution is 2.10. The molecule has 76 valence electrons. The molecular weight excluding hydrogens is 192 g/mol. The number of hydrogen-bond acceptors (Lipinski definition) is 1. The molecule has 0 aliphatic heterocycles. The summed E-state index contributed by atoms with van der Waals surface area (Å²) in [5.41, 5.74) is 1.25. The highest BCUT2D eigenvalue weighted by molar-refractivity contribution is 7.80. The van der Waals surface area contributed by atoms with Crippen LogP contribution >= 0.6 is 12.2 Å². The minimum atomic E-state index is 0.256. The molecule has 2 nitrogen and oxygen atoms in total. The second-order valence-electron chi connectivity index (χ2n) is 3.48. The van der Waals surface area contributed by atoms with E-state index in [-0.39, 0.29) is 6.04 Å². The van der Waals surface area contributed by atoms with E-state index in [1.54, 1.807) is 0 Å². The maximum Gasteiger partial charge on any atom is 0.168 e. The molecule has 0 fully saturated rings. The largest absolute Gasteiger partial charge is 0.356 e. The molecule has 0 radical (unpaired) electrons. The summed E-state index contributed by atoms with van der Waals surface area (Å²) in [5, 5.41) is 4.02. The summed E-state index contributed by atoms with van der Waals surface area (Å²) in [5.74, 6) is 0. The van der Waals surface area contributed by atoms with Gasteiger partial charge < -0.3 is 10.2 Å². The minimum absolute atomic E-state index is 0.256. The van der Waals surface area contributed by atoms with Crippen molar-refractivity contribution in [3.8, 4) is 0 Å². The molecule has 1 N–H and O–H groups in total. The number of nitrogens with zero attached hydrogens (tertiary/aromatic N) is 1. The molecule has 1 atom stereocenters. The van der Waals surface area contributed by atoms with Crippen molar-refractivity contribution >= 4 is 17.3 Å². The van der Waals surface area contributed by atoms with Crippen LogP contribution in [-0.4, -0.2) is 24.1 Å². The fourth-order valence-corrected chi connectivity index (χ4v) is 1.32. The molecule has 0 aliphatic carbocycles. The first-order valence-electron chi connectivity index (χ1n) is 4.64. The van der Waals surface area contributed by atoms with Crippen LogP contribution in [0.15, 0.2) is 30.3 Å². The fraction of sp³-hybridized carbons (Fsp3) is 0.364. The Kier molecular flexibility index (Phi) is 3.89. The topological polar surface area (TPSA) is 15.3 Å². The quantitative estimate of drug-likeness (QED) is 0.750. The summed E-state index contributed by atoms with van der Waals surface area (Å²) >= 11 is 5.17. The van der Waals surface area contributed by atoms with Crippen LogP contribution in [0.2, 0.25) is 0 Å². The average Bonchev–Trinajstić information content (AvgIpc) is 2.19. The Bertz CT molecular complexity index is 295. The molecule has 1 aromatic carbocycles. The van der Waals surface area contributed by atoms with Crippen LogP contribution in [0.5, 0.6) is 0 Å². The molecule has 0 saturated carbocycles. The van der Waals surface area contributed by atoms with Crippen LogP contribution in [-0.2, 0) is 0 Å². The fourth-order valence-electron chi connectivity index (χ4n) is 1.14. The number of nitrogens with one attached hydrogen (secondary N) is 1. The zero-order valence-electron chi connectivity index (χ0n) is 8.82. The van der Waals surface area contributed by atoms with E-state index in [1.807, 2.05) is 37.2 Å². The van der Waals surface area contributed by atoms with Gasteiger partial charge in [-0.25, -0.2) is 0 Å². The van der Waals surface area contributed by atoms with E-state index in [0.29, 0.717) is 0 Å². The summed E-state index contributed by atoms with van der Waals surface area (Å²) in [6, 6.07) is 10.5. The predicted octanol–water partition coefficient (Wildman–Crippen LogP) is 2.18. The lowest BCUT2D eigenvalue weighted by Gasteiger charge is -2.20. The van der Waals surface area contributed by atoms with Crippen LogP contribution in [0.4, 0.5) is 0 Å².